The van der Waals surface area contributed by atoms with Crippen molar-refractivity contribution in [3.8, 4) is 0 Å². The summed E-state index contributed by atoms with van der Waals surface area (Å²) in [5.41, 5.74) is 9.04. The number of nitrogens with two attached hydrogens (primary N) is 1. The van der Waals surface area contributed by atoms with Crippen molar-refractivity contribution in [1.29, 1.82) is 0 Å². The number of anilines is 1. The quantitative estimate of drug-likeness (QED) is 0.866. The van der Waals surface area contributed by atoms with Crippen molar-refractivity contribution in [2.45, 2.75) is 32.2 Å². The van der Waals surface area contributed by atoms with Crippen LogP contribution in [-0.4, -0.2) is 32.2 Å². The number of nitrogens with zero attached hydrogens (tertiary/aromatic N) is 1. The minimum atomic E-state index is -0.672. The van der Waals surface area contributed by atoms with Gasteiger partial charge in [-0.1, -0.05) is 17.7 Å². The molecule has 1 heterocycles. The second kappa shape index (κ2) is 6.46. The molecule has 5 heteroatoms. The van der Waals surface area contributed by atoms with Crippen molar-refractivity contribution in [2.24, 2.45) is 5.73 Å². The predicted molar refractivity (Wildman–Crippen MR) is 81.3 cm³/mol. The Morgan fingerprint density at radius 1 is 1.45 bits per heavy atom. The molecule has 0 saturated carbocycles. The van der Waals surface area contributed by atoms with E-state index in [2.05, 4.69) is 16.6 Å². The topological polar surface area (TPSA) is 55.6 Å². The highest BCUT2D eigenvalue weighted by molar-refractivity contribution is 6.31. The summed E-state index contributed by atoms with van der Waals surface area (Å²) in [6.07, 6.45) is 2.85. The largest absolute Gasteiger partial charge is 0.468 e. The van der Waals surface area contributed by atoms with E-state index in [1.165, 1.54) is 31.2 Å². The first kappa shape index (κ1) is 15.1. The summed E-state index contributed by atoms with van der Waals surface area (Å²) >= 11 is 6.34. The molecule has 1 fully saturated rings. The van der Waals surface area contributed by atoms with Crippen molar-refractivity contribution in [1.82, 2.24) is 0 Å². The van der Waals surface area contributed by atoms with Crippen molar-refractivity contribution in [2.75, 3.05) is 25.1 Å². The molecule has 20 heavy (non-hydrogen) atoms. The van der Waals surface area contributed by atoms with Gasteiger partial charge in [0.25, 0.3) is 0 Å². The number of esters is 1. The molecule has 110 valence electrons. The van der Waals surface area contributed by atoms with Crippen LogP contribution < -0.4 is 10.6 Å². The van der Waals surface area contributed by atoms with E-state index < -0.39 is 12.0 Å². The van der Waals surface area contributed by atoms with Gasteiger partial charge in [0.05, 0.1) is 7.11 Å². The number of carbonyl (C=O) groups is 1. The molecule has 0 aliphatic carbocycles. The highest BCUT2D eigenvalue weighted by Gasteiger charge is 2.19. The van der Waals surface area contributed by atoms with Gasteiger partial charge in [-0.2, -0.15) is 0 Å². The first-order chi connectivity index (χ1) is 9.52. The van der Waals surface area contributed by atoms with Gasteiger partial charge in [-0.25, -0.2) is 0 Å². The van der Waals surface area contributed by atoms with Crippen molar-refractivity contribution < 1.29 is 9.53 Å². The zero-order valence-corrected chi connectivity index (χ0v) is 12.7. The fraction of sp³-hybridized carbons (Fsp3) is 0.533. The van der Waals surface area contributed by atoms with Crippen LogP contribution in [0.15, 0.2) is 12.1 Å². The van der Waals surface area contributed by atoms with Gasteiger partial charge in [0.1, 0.15) is 6.04 Å². The van der Waals surface area contributed by atoms with Crippen molar-refractivity contribution >= 4 is 23.3 Å². The Bertz CT molecular complexity index is 499. The predicted octanol–water partition coefficient (Wildman–Crippen LogP) is 2.29. The van der Waals surface area contributed by atoms with Crippen LogP contribution in [0.4, 0.5) is 5.69 Å². The van der Waals surface area contributed by atoms with E-state index in [0.717, 1.165) is 18.7 Å². The second-order valence-corrected chi connectivity index (χ2v) is 5.67. The molecule has 0 aromatic heterocycles. The number of rotatable bonds is 4. The van der Waals surface area contributed by atoms with Crippen LogP contribution in [0.25, 0.3) is 0 Å². The molecule has 2 rings (SSSR count). The van der Waals surface area contributed by atoms with Crippen LogP contribution in [0, 0.1) is 6.92 Å². The molecule has 1 atom stereocenters. The van der Waals surface area contributed by atoms with E-state index >= 15 is 0 Å². The first-order valence-electron chi connectivity index (χ1n) is 6.90. The summed E-state index contributed by atoms with van der Waals surface area (Å²) in [7, 11) is 1.34. The Labute approximate surface area is 124 Å². The number of hydrogen-bond acceptors (Lipinski definition) is 4. The lowest BCUT2D eigenvalue weighted by Crippen LogP contribution is -2.33. The van der Waals surface area contributed by atoms with Crippen LogP contribution in [0.2, 0.25) is 5.02 Å². The molecule has 1 saturated heterocycles. The van der Waals surface area contributed by atoms with E-state index in [-0.39, 0.29) is 0 Å². The number of benzene rings is 1. The third kappa shape index (κ3) is 3.25. The number of ether oxygens (including phenoxy) is 1. The van der Waals surface area contributed by atoms with Crippen molar-refractivity contribution in [3.05, 3.63) is 28.3 Å². The summed E-state index contributed by atoms with van der Waals surface area (Å²) < 4.78 is 4.64. The highest BCUT2D eigenvalue weighted by Crippen LogP contribution is 2.30. The standard InChI is InChI=1S/C15H21ClN2O2/c1-10-7-11(8-13(17)15(19)20-2)12(16)9-14(10)18-5-3-4-6-18/h7,9,13H,3-6,8,17H2,1-2H3. The molecule has 0 bridgehead atoms. The number of carbonyl (C=O) groups excluding carboxylic acids is 1. The number of hydrogen-bond donors (Lipinski definition) is 1. The average Bonchev–Trinajstić information content (AvgIpc) is 2.95. The molecule has 0 amide bonds. The summed E-state index contributed by atoms with van der Waals surface area (Å²) in [5, 5.41) is 0.664. The first-order valence-corrected chi connectivity index (χ1v) is 7.28. The van der Waals surface area contributed by atoms with Gasteiger partial charge in [-0.3, -0.25) is 4.79 Å². The SMILES string of the molecule is COC(=O)C(N)Cc1cc(C)c(N2CCCC2)cc1Cl. The van der Waals surface area contributed by atoms with Crippen LogP contribution in [-0.2, 0) is 16.0 Å². The molecule has 0 spiro atoms. The third-order valence-corrected chi connectivity index (χ3v) is 4.11. The Hall–Kier alpha value is -1.26. The molecular weight excluding hydrogens is 276 g/mol. The molecule has 0 radical (unpaired) electrons. The third-order valence-electron chi connectivity index (χ3n) is 3.76. The van der Waals surface area contributed by atoms with Gasteiger partial charge in [0.2, 0.25) is 0 Å². The van der Waals surface area contributed by atoms with E-state index in [9.17, 15) is 4.79 Å². The maximum Gasteiger partial charge on any atom is 0.322 e. The van der Waals surface area contributed by atoms with Crippen molar-refractivity contribution in [3.63, 3.8) is 0 Å². The van der Waals surface area contributed by atoms with E-state index in [1.807, 2.05) is 12.1 Å². The monoisotopic (exact) mass is 296 g/mol. The fourth-order valence-corrected chi connectivity index (χ4v) is 2.89. The van der Waals surface area contributed by atoms with E-state index in [0.29, 0.717) is 11.4 Å². The van der Waals surface area contributed by atoms with E-state index in [1.54, 1.807) is 0 Å². The van der Waals surface area contributed by atoms with Gasteiger partial charge >= 0.3 is 5.97 Å². The summed E-state index contributed by atoms with van der Waals surface area (Å²) in [6.45, 7) is 4.23. The van der Waals surface area contributed by atoms with Crippen LogP contribution >= 0.6 is 11.6 Å². The molecule has 1 aliphatic rings. The van der Waals surface area contributed by atoms with Gasteiger partial charge in [0.15, 0.2) is 0 Å². The van der Waals surface area contributed by atoms with Crippen LogP contribution in [0.1, 0.15) is 24.0 Å². The lowest BCUT2D eigenvalue weighted by Gasteiger charge is -2.22. The van der Waals surface area contributed by atoms with Crippen LogP contribution in [0.5, 0.6) is 0 Å². The maximum absolute atomic E-state index is 11.4. The summed E-state index contributed by atoms with van der Waals surface area (Å²) in [4.78, 5) is 13.7. The fourth-order valence-electron chi connectivity index (χ4n) is 2.66. The molecule has 1 aromatic carbocycles. The average molecular weight is 297 g/mol. The molecule has 1 aromatic rings. The lowest BCUT2D eigenvalue weighted by molar-refractivity contribution is -0.142. The highest BCUT2D eigenvalue weighted by atomic mass is 35.5. The maximum atomic E-state index is 11.4. The molecular formula is C15H21ClN2O2. The number of methoxy groups -OCH3 is 1. The Balaban J connectivity index is 2.19. The Kier molecular flexibility index (Phi) is 4.89. The molecule has 4 nitrogen and oxygen atoms in total. The zero-order valence-electron chi connectivity index (χ0n) is 12.0. The Morgan fingerprint density at radius 3 is 2.70 bits per heavy atom. The Morgan fingerprint density at radius 2 is 2.10 bits per heavy atom. The smallest absolute Gasteiger partial charge is 0.322 e. The second-order valence-electron chi connectivity index (χ2n) is 5.26. The van der Waals surface area contributed by atoms with Gasteiger partial charge in [0, 0.05) is 23.8 Å². The normalized spacial score (nSPS) is 16.3. The lowest BCUT2D eigenvalue weighted by atomic mass is 10.0. The molecule has 1 aliphatic heterocycles. The zero-order chi connectivity index (χ0) is 14.7. The summed E-state index contributed by atoms with van der Waals surface area (Å²) in [6, 6.07) is 3.34. The van der Waals surface area contributed by atoms with Gasteiger partial charge in [-0.05, 0) is 43.4 Å². The minimum Gasteiger partial charge on any atom is -0.468 e. The molecule has 1 unspecified atom stereocenters. The van der Waals surface area contributed by atoms with Gasteiger partial charge < -0.3 is 15.4 Å². The van der Waals surface area contributed by atoms with Gasteiger partial charge in [-0.15, -0.1) is 0 Å². The minimum absolute atomic E-state index is 0.395. The van der Waals surface area contributed by atoms with Crippen LogP contribution in [0.3, 0.4) is 0 Å². The number of aryl methyl sites for hydroxylation is 1. The molecule has 2 N–H and O–H groups in total. The summed E-state index contributed by atoms with van der Waals surface area (Å²) in [5.74, 6) is -0.415. The number of halogens is 1. The van der Waals surface area contributed by atoms with E-state index in [4.69, 9.17) is 17.3 Å².